The number of alkyl halides is 8. The molecule has 194 valence electrons. The van der Waals surface area contributed by atoms with Crippen molar-refractivity contribution in [3.8, 4) is 5.75 Å². The van der Waals surface area contributed by atoms with Crippen LogP contribution < -0.4 is 9.64 Å². The minimum absolute atomic E-state index is 0.0111. The Morgan fingerprint density at radius 1 is 0.750 bits per heavy atom. The van der Waals surface area contributed by atoms with Crippen molar-refractivity contribution < 1.29 is 45.0 Å². The first kappa shape index (κ1) is 27.3. The van der Waals surface area contributed by atoms with Gasteiger partial charge < -0.3 is 14.7 Å². The topological polar surface area (TPSA) is 32.7 Å². The van der Waals surface area contributed by atoms with Crippen LogP contribution in [0, 0.1) is 0 Å². The van der Waals surface area contributed by atoms with Crippen molar-refractivity contribution in [1.29, 1.82) is 0 Å². The van der Waals surface area contributed by atoms with Gasteiger partial charge in [-0.1, -0.05) is 48.5 Å². The van der Waals surface area contributed by atoms with Gasteiger partial charge >= 0.3 is 18.3 Å². The molecular formula is C25H21F8NO2. The van der Waals surface area contributed by atoms with Gasteiger partial charge in [0.2, 0.25) is 0 Å². The molecule has 3 aromatic carbocycles. The van der Waals surface area contributed by atoms with E-state index in [1.165, 1.54) is 24.3 Å². The van der Waals surface area contributed by atoms with Crippen LogP contribution in [0.25, 0.3) is 0 Å². The Labute approximate surface area is 201 Å². The van der Waals surface area contributed by atoms with Crippen molar-refractivity contribution in [2.24, 2.45) is 0 Å². The van der Waals surface area contributed by atoms with E-state index in [-0.39, 0.29) is 18.0 Å². The van der Waals surface area contributed by atoms with Crippen LogP contribution in [0.15, 0.2) is 78.9 Å². The van der Waals surface area contributed by atoms with Gasteiger partial charge in [0.15, 0.2) is 6.10 Å². The Morgan fingerprint density at radius 2 is 1.36 bits per heavy atom. The molecule has 0 radical (unpaired) electrons. The highest BCUT2D eigenvalue weighted by Gasteiger charge is 2.58. The molecule has 3 nitrogen and oxygen atoms in total. The van der Waals surface area contributed by atoms with Crippen LogP contribution in [0.3, 0.4) is 0 Å². The van der Waals surface area contributed by atoms with Crippen molar-refractivity contribution in [3.05, 3.63) is 90.0 Å². The smallest absolute Gasteiger partial charge is 0.458 e. The van der Waals surface area contributed by atoms with Gasteiger partial charge in [-0.25, -0.2) is 0 Å². The highest BCUT2D eigenvalue weighted by molar-refractivity contribution is 5.65. The Bertz CT molecular complexity index is 1130. The lowest BCUT2D eigenvalue weighted by Gasteiger charge is -2.30. The molecule has 0 aliphatic rings. The fourth-order valence-electron chi connectivity index (χ4n) is 3.34. The number of anilines is 2. The highest BCUT2D eigenvalue weighted by Crippen LogP contribution is 2.45. The predicted molar refractivity (Wildman–Crippen MR) is 118 cm³/mol. The summed E-state index contributed by atoms with van der Waals surface area (Å²) in [6, 6.07) is 17.8. The van der Waals surface area contributed by atoms with E-state index in [4.69, 9.17) is 4.74 Å². The molecule has 0 fully saturated rings. The molecule has 0 aliphatic heterocycles. The van der Waals surface area contributed by atoms with Gasteiger partial charge in [-0.3, -0.25) is 0 Å². The summed E-state index contributed by atoms with van der Waals surface area (Å²) < 4.78 is 111. The largest absolute Gasteiger partial charge is 0.493 e. The van der Waals surface area contributed by atoms with Gasteiger partial charge in [0.05, 0.1) is 13.2 Å². The summed E-state index contributed by atoms with van der Waals surface area (Å²) in [5.41, 5.74) is -0.885. The number of ether oxygens (including phenoxy) is 1. The summed E-state index contributed by atoms with van der Waals surface area (Å²) in [5, 5.41) is 9.65. The van der Waals surface area contributed by atoms with Crippen LogP contribution in [0.2, 0.25) is 0 Å². The summed E-state index contributed by atoms with van der Waals surface area (Å²) in [6.07, 6.45) is -13.4. The van der Waals surface area contributed by atoms with Crippen molar-refractivity contribution in [3.63, 3.8) is 0 Å². The maximum Gasteiger partial charge on any atom is 0.458 e. The van der Waals surface area contributed by atoms with E-state index in [1.54, 1.807) is 0 Å². The molecule has 0 aromatic heterocycles. The van der Waals surface area contributed by atoms with Crippen LogP contribution in [-0.4, -0.2) is 36.7 Å². The molecule has 0 saturated carbocycles. The Balaban J connectivity index is 1.92. The van der Waals surface area contributed by atoms with E-state index in [0.29, 0.717) is 18.6 Å². The Morgan fingerprint density at radius 3 is 1.97 bits per heavy atom. The van der Waals surface area contributed by atoms with E-state index in [0.717, 1.165) is 22.6 Å². The second kappa shape index (κ2) is 10.7. The average Bonchev–Trinajstić information content (AvgIpc) is 2.82. The number of halogens is 8. The molecule has 0 saturated heterocycles. The summed E-state index contributed by atoms with van der Waals surface area (Å²) in [6.45, 7) is -0.941. The van der Waals surface area contributed by atoms with E-state index < -0.39 is 42.2 Å². The molecule has 1 N–H and O–H groups in total. The third kappa shape index (κ3) is 6.66. The maximum absolute atomic E-state index is 13.9. The maximum atomic E-state index is 13.9. The average molecular weight is 519 g/mol. The molecule has 0 amide bonds. The molecule has 1 atom stereocenters. The summed E-state index contributed by atoms with van der Waals surface area (Å²) in [4.78, 5) is 0.804. The summed E-state index contributed by atoms with van der Waals surface area (Å²) in [7, 11) is 0. The first-order chi connectivity index (χ1) is 16.8. The molecule has 1 unspecified atom stereocenters. The number of benzene rings is 3. The Hall–Kier alpha value is -3.34. The highest BCUT2D eigenvalue weighted by atomic mass is 19.4. The third-order valence-corrected chi connectivity index (χ3v) is 5.24. The lowest BCUT2D eigenvalue weighted by Crippen LogP contribution is -2.39. The zero-order valence-electron chi connectivity index (χ0n) is 18.5. The molecule has 0 spiro atoms. The second-order valence-electron chi connectivity index (χ2n) is 7.87. The van der Waals surface area contributed by atoms with Crippen LogP contribution in [0.4, 0.5) is 46.5 Å². The van der Waals surface area contributed by atoms with E-state index in [9.17, 15) is 40.2 Å². The van der Waals surface area contributed by atoms with Crippen molar-refractivity contribution >= 4 is 11.4 Å². The van der Waals surface area contributed by atoms with Crippen LogP contribution in [0.5, 0.6) is 5.75 Å². The number of hydrogen-bond donors (Lipinski definition) is 1. The molecule has 3 aromatic rings. The summed E-state index contributed by atoms with van der Waals surface area (Å²) >= 11 is 0. The molecule has 36 heavy (non-hydrogen) atoms. The minimum Gasteiger partial charge on any atom is -0.493 e. The molecule has 3 rings (SSSR count). The number of aliphatic hydroxyl groups excluding tert-OH is 1. The third-order valence-electron chi connectivity index (χ3n) is 5.24. The van der Waals surface area contributed by atoms with Crippen molar-refractivity contribution in [2.75, 3.05) is 18.1 Å². The first-order valence-electron chi connectivity index (χ1n) is 10.6. The fraction of sp³-hybridized carbons (Fsp3) is 0.280. The number of nitrogens with zero attached hydrogens (tertiary/aromatic N) is 1. The minimum atomic E-state index is -5.91. The molecular weight excluding hydrogens is 498 g/mol. The van der Waals surface area contributed by atoms with Gasteiger partial charge in [0.1, 0.15) is 5.75 Å². The number of aliphatic hydroxyl groups is 1. The summed E-state index contributed by atoms with van der Waals surface area (Å²) in [5.74, 6) is -5.01. The second-order valence-corrected chi connectivity index (χ2v) is 7.87. The molecule has 0 aliphatic carbocycles. The zero-order chi connectivity index (χ0) is 26.6. The van der Waals surface area contributed by atoms with Gasteiger partial charge in [-0.2, -0.15) is 35.1 Å². The van der Waals surface area contributed by atoms with Gasteiger partial charge in [-0.15, -0.1) is 0 Å². The van der Waals surface area contributed by atoms with Crippen molar-refractivity contribution in [1.82, 2.24) is 0 Å². The molecule has 0 heterocycles. The quantitative estimate of drug-likeness (QED) is 0.309. The van der Waals surface area contributed by atoms with Gasteiger partial charge in [0.25, 0.3) is 0 Å². The normalized spacial score (nSPS) is 13.4. The van der Waals surface area contributed by atoms with E-state index >= 15 is 0 Å². The standard InChI is InChI=1S/C25H21F8NO2/c26-23(27,25(31,32)33)18-8-4-9-19(14-18)34(16-22(35)24(28,29)30)20-10-5-11-21(15-20)36-13-12-17-6-2-1-3-7-17/h1-11,14-15,22,35H,12-13,16H2. The molecule has 0 bridgehead atoms. The number of rotatable bonds is 9. The predicted octanol–water partition coefficient (Wildman–Crippen LogP) is 7.02. The fourth-order valence-corrected chi connectivity index (χ4v) is 3.34. The van der Waals surface area contributed by atoms with Crippen LogP contribution in [0.1, 0.15) is 11.1 Å². The van der Waals surface area contributed by atoms with Crippen LogP contribution in [-0.2, 0) is 12.3 Å². The molecule has 11 heteroatoms. The van der Waals surface area contributed by atoms with Gasteiger partial charge in [0, 0.05) is 29.4 Å². The first-order valence-corrected chi connectivity index (χ1v) is 10.6. The van der Waals surface area contributed by atoms with Crippen molar-refractivity contribution in [2.45, 2.75) is 30.8 Å². The lowest BCUT2D eigenvalue weighted by atomic mass is 10.1. The SMILES string of the molecule is OC(CN(c1cccc(OCCc2ccccc2)c1)c1cccc(C(F)(F)C(F)(F)F)c1)C(F)(F)F. The van der Waals surface area contributed by atoms with E-state index in [1.807, 2.05) is 30.3 Å². The lowest BCUT2D eigenvalue weighted by molar-refractivity contribution is -0.289. The zero-order valence-corrected chi connectivity index (χ0v) is 18.5. The monoisotopic (exact) mass is 519 g/mol. The van der Waals surface area contributed by atoms with Gasteiger partial charge in [-0.05, 0) is 29.8 Å². The number of hydrogen-bond acceptors (Lipinski definition) is 3. The van der Waals surface area contributed by atoms with Crippen LogP contribution >= 0.6 is 0 Å². The van der Waals surface area contributed by atoms with E-state index in [2.05, 4.69) is 0 Å². The Kier molecular flexibility index (Phi) is 8.12.